The van der Waals surface area contributed by atoms with Crippen molar-refractivity contribution in [1.29, 1.82) is 0 Å². The maximum atomic E-state index is 12.9. The summed E-state index contributed by atoms with van der Waals surface area (Å²) < 4.78 is 0. The van der Waals surface area contributed by atoms with Crippen LogP contribution in [0.1, 0.15) is 53.6 Å². The summed E-state index contributed by atoms with van der Waals surface area (Å²) in [5, 5.41) is 9.60. The van der Waals surface area contributed by atoms with E-state index in [4.69, 9.17) is 0 Å². The number of hydrogen-bond acceptors (Lipinski definition) is 5. The van der Waals surface area contributed by atoms with Gasteiger partial charge in [-0.15, -0.1) is 0 Å². The summed E-state index contributed by atoms with van der Waals surface area (Å²) in [5.41, 5.74) is 2.73. The third kappa shape index (κ3) is 2.95. The van der Waals surface area contributed by atoms with E-state index in [0.717, 1.165) is 17.7 Å². The van der Waals surface area contributed by atoms with E-state index in [2.05, 4.69) is 22.0 Å². The molecule has 3 N–H and O–H groups in total. The number of amides is 3. The van der Waals surface area contributed by atoms with Crippen LogP contribution in [-0.2, 0) is 22.7 Å². The largest absolute Gasteiger partial charge is 0.322 e. The fourth-order valence-corrected chi connectivity index (χ4v) is 5.01. The van der Waals surface area contributed by atoms with E-state index in [-0.39, 0.29) is 24.1 Å². The van der Waals surface area contributed by atoms with Gasteiger partial charge in [-0.25, -0.2) is 0 Å². The van der Waals surface area contributed by atoms with Crippen molar-refractivity contribution in [3.05, 3.63) is 34.9 Å². The Balaban J connectivity index is 1.27. The summed E-state index contributed by atoms with van der Waals surface area (Å²) in [7, 11) is 0. The van der Waals surface area contributed by atoms with Crippen molar-refractivity contribution in [2.75, 3.05) is 0 Å². The Morgan fingerprint density at radius 3 is 2.78 bits per heavy atom. The molecule has 1 unspecified atom stereocenters. The van der Waals surface area contributed by atoms with Gasteiger partial charge < -0.3 is 15.5 Å². The van der Waals surface area contributed by atoms with Crippen LogP contribution < -0.4 is 16.0 Å². The van der Waals surface area contributed by atoms with Gasteiger partial charge in [-0.05, 0) is 42.9 Å². The maximum Gasteiger partial charge on any atom is 0.255 e. The molecule has 5 rings (SSSR count). The average molecular weight is 368 g/mol. The average Bonchev–Trinajstić information content (AvgIpc) is 3.35. The van der Waals surface area contributed by atoms with Crippen LogP contribution in [0.25, 0.3) is 0 Å². The lowest BCUT2D eigenvalue weighted by molar-refractivity contribution is -0.136. The topological polar surface area (TPSA) is 90.5 Å². The van der Waals surface area contributed by atoms with Crippen molar-refractivity contribution in [2.24, 2.45) is 0 Å². The number of imide groups is 1. The molecule has 3 saturated heterocycles. The first-order valence-electron chi connectivity index (χ1n) is 9.84. The van der Waals surface area contributed by atoms with E-state index >= 15 is 0 Å². The Morgan fingerprint density at radius 2 is 2.04 bits per heavy atom. The number of nitrogens with zero attached hydrogens (tertiary/aromatic N) is 1. The molecule has 4 atom stereocenters. The molecule has 7 nitrogen and oxygen atoms in total. The number of nitrogens with one attached hydrogen (secondary N) is 3. The van der Waals surface area contributed by atoms with E-state index in [1.54, 1.807) is 4.90 Å². The van der Waals surface area contributed by atoms with Crippen LogP contribution in [0.15, 0.2) is 18.2 Å². The van der Waals surface area contributed by atoms with Gasteiger partial charge in [0.15, 0.2) is 0 Å². The molecule has 3 amide bonds. The summed E-state index contributed by atoms with van der Waals surface area (Å²) in [6.07, 6.45) is 4.38. The van der Waals surface area contributed by atoms with Gasteiger partial charge in [-0.2, -0.15) is 0 Å². The van der Waals surface area contributed by atoms with Crippen molar-refractivity contribution < 1.29 is 14.4 Å². The Labute approximate surface area is 157 Å². The molecule has 3 fully saturated rings. The van der Waals surface area contributed by atoms with Gasteiger partial charge in [-0.1, -0.05) is 12.1 Å². The molecular formula is C20H24N4O3. The van der Waals surface area contributed by atoms with Crippen molar-refractivity contribution in [3.63, 3.8) is 0 Å². The summed E-state index contributed by atoms with van der Waals surface area (Å²) in [6, 6.07) is 7.21. The highest BCUT2D eigenvalue weighted by Gasteiger charge is 2.40. The van der Waals surface area contributed by atoms with Crippen LogP contribution in [0.3, 0.4) is 0 Å². The highest BCUT2D eigenvalue weighted by Crippen LogP contribution is 2.30. The Bertz CT molecular complexity index is 823. The SMILES string of the molecule is O=C1CCC(N2Cc3ccc(CN[C@@H]4C[C@H]5CC[C@@H]4N5)cc3C2=O)C(=O)N1. The van der Waals surface area contributed by atoms with Crippen LogP contribution in [0.2, 0.25) is 0 Å². The van der Waals surface area contributed by atoms with E-state index in [9.17, 15) is 14.4 Å². The number of piperidine rings is 1. The first kappa shape index (κ1) is 16.9. The zero-order chi connectivity index (χ0) is 18.5. The Morgan fingerprint density at radius 1 is 1.15 bits per heavy atom. The molecule has 27 heavy (non-hydrogen) atoms. The van der Waals surface area contributed by atoms with Crippen LogP contribution in [-0.4, -0.2) is 46.8 Å². The summed E-state index contributed by atoms with van der Waals surface area (Å²) in [6.45, 7) is 1.18. The van der Waals surface area contributed by atoms with Crippen molar-refractivity contribution in [2.45, 2.75) is 69.4 Å². The van der Waals surface area contributed by atoms with E-state index in [1.807, 2.05) is 12.1 Å². The lowest BCUT2D eigenvalue weighted by Gasteiger charge is -2.29. The summed E-state index contributed by atoms with van der Waals surface area (Å²) in [5.74, 6) is -0.732. The van der Waals surface area contributed by atoms with Crippen LogP contribution in [0.5, 0.6) is 0 Å². The third-order valence-electron chi connectivity index (χ3n) is 6.46. The van der Waals surface area contributed by atoms with Gasteiger partial charge >= 0.3 is 0 Å². The number of fused-ring (bicyclic) bond motifs is 3. The molecule has 4 heterocycles. The normalized spacial score (nSPS) is 32.1. The van der Waals surface area contributed by atoms with Crippen LogP contribution >= 0.6 is 0 Å². The molecule has 0 spiro atoms. The maximum absolute atomic E-state index is 12.9. The second kappa shape index (κ2) is 6.42. The highest BCUT2D eigenvalue weighted by molar-refractivity contribution is 6.05. The van der Waals surface area contributed by atoms with Crippen molar-refractivity contribution >= 4 is 17.7 Å². The second-order valence-corrected chi connectivity index (χ2v) is 8.16. The van der Waals surface area contributed by atoms with E-state index in [1.165, 1.54) is 19.3 Å². The first-order valence-corrected chi connectivity index (χ1v) is 9.84. The molecule has 4 aliphatic heterocycles. The molecule has 7 heteroatoms. The molecule has 142 valence electrons. The molecule has 0 aliphatic carbocycles. The predicted molar refractivity (Wildman–Crippen MR) is 97.7 cm³/mol. The van der Waals surface area contributed by atoms with Crippen LogP contribution in [0, 0.1) is 0 Å². The quantitative estimate of drug-likeness (QED) is 0.671. The minimum Gasteiger partial charge on any atom is -0.322 e. The molecule has 4 aliphatic rings. The van der Waals surface area contributed by atoms with Gasteiger partial charge in [0.25, 0.3) is 5.91 Å². The number of carbonyl (C=O) groups is 3. The zero-order valence-corrected chi connectivity index (χ0v) is 15.2. The fourth-order valence-electron chi connectivity index (χ4n) is 5.01. The molecule has 1 aromatic carbocycles. The van der Waals surface area contributed by atoms with Gasteiger partial charge in [-0.3, -0.25) is 19.7 Å². The smallest absolute Gasteiger partial charge is 0.255 e. The van der Waals surface area contributed by atoms with Gasteiger partial charge in [0.1, 0.15) is 6.04 Å². The van der Waals surface area contributed by atoms with E-state index < -0.39 is 6.04 Å². The van der Waals surface area contributed by atoms with Crippen LogP contribution in [0.4, 0.5) is 0 Å². The van der Waals surface area contributed by atoms with Gasteiger partial charge in [0.05, 0.1) is 0 Å². The van der Waals surface area contributed by atoms with E-state index in [0.29, 0.717) is 36.7 Å². The second-order valence-electron chi connectivity index (χ2n) is 8.16. The van der Waals surface area contributed by atoms with Crippen molar-refractivity contribution in [1.82, 2.24) is 20.9 Å². The highest BCUT2D eigenvalue weighted by atomic mass is 16.2. The number of rotatable bonds is 4. The molecule has 0 aromatic heterocycles. The monoisotopic (exact) mass is 368 g/mol. The molecule has 0 saturated carbocycles. The third-order valence-corrected chi connectivity index (χ3v) is 6.46. The summed E-state index contributed by atoms with van der Waals surface area (Å²) in [4.78, 5) is 38.0. The standard InChI is InChI=1S/C20H24N4O3/c25-18-6-5-17(19(26)23-18)24-10-12-2-1-11(7-14(12)20(24)27)9-21-16-8-13-3-4-15(16)22-13/h1-2,7,13,15-17,21-22H,3-6,8-10H2,(H,23,25,26)/t13-,15+,16-,17?/m1/s1. The molecule has 2 bridgehead atoms. The Hall–Kier alpha value is -2.25. The number of carbonyl (C=O) groups excluding carboxylic acids is 3. The molecular weight excluding hydrogens is 344 g/mol. The first-order chi connectivity index (χ1) is 13.1. The van der Waals surface area contributed by atoms with Gasteiger partial charge in [0.2, 0.25) is 11.8 Å². The number of hydrogen-bond donors (Lipinski definition) is 3. The van der Waals surface area contributed by atoms with Gasteiger partial charge in [0, 0.05) is 43.2 Å². The molecule has 1 aromatic rings. The lowest BCUT2D eigenvalue weighted by atomic mass is 9.95. The minimum absolute atomic E-state index is 0.108. The number of benzene rings is 1. The lowest BCUT2D eigenvalue weighted by Crippen LogP contribution is -2.52. The predicted octanol–water partition coefficient (Wildman–Crippen LogP) is 0.430. The minimum atomic E-state index is -0.552. The Kier molecular flexibility index (Phi) is 4.02. The summed E-state index contributed by atoms with van der Waals surface area (Å²) >= 11 is 0. The van der Waals surface area contributed by atoms with Crippen molar-refractivity contribution in [3.8, 4) is 0 Å². The fraction of sp³-hybridized carbons (Fsp3) is 0.550. The zero-order valence-electron chi connectivity index (χ0n) is 15.2. The molecule has 0 radical (unpaired) electrons.